The molecule has 0 radical (unpaired) electrons. The van der Waals surface area contributed by atoms with Crippen LogP contribution in [-0.4, -0.2) is 24.0 Å². The van der Waals surface area contributed by atoms with E-state index in [0.29, 0.717) is 25.2 Å². The van der Waals surface area contributed by atoms with E-state index >= 15 is 0 Å². The summed E-state index contributed by atoms with van der Waals surface area (Å²) in [6, 6.07) is 3.53. The maximum absolute atomic E-state index is 13.3. The van der Waals surface area contributed by atoms with Crippen molar-refractivity contribution in [3.63, 3.8) is 0 Å². The second-order valence-corrected chi connectivity index (χ2v) is 3.79. The van der Waals surface area contributed by atoms with Gasteiger partial charge in [0, 0.05) is 36.2 Å². The summed E-state index contributed by atoms with van der Waals surface area (Å²) in [5, 5.41) is 3.54. The summed E-state index contributed by atoms with van der Waals surface area (Å²) in [6.45, 7) is 1.67. The van der Waals surface area contributed by atoms with Crippen LogP contribution in [-0.2, 0) is 6.54 Å². The van der Waals surface area contributed by atoms with E-state index in [1.54, 1.807) is 0 Å². The van der Waals surface area contributed by atoms with Crippen molar-refractivity contribution in [2.45, 2.75) is 12.6 Å². The van der Waals surface area contributed by atoms with Crippen LogP contribution in [0.3, 0.4) is 0 Å². The van der Waals surface area contributed by atoms with Crippen LogP contribution in [0.15, 0.2) is 23.3 Å². The highest BCUT2D eigenvalue weighted by Gasteiger charge is 2.25. The lowest BCUT2D eigenvalue weighted by Gasteiger charge is -2.36. The number of halogens is 2. The predicted molar refractivity (Wildman–Crippen MR) is 54.6 cm³/mol. The number of nitrogens with zero attached hydrogens (tertiary/aromatic N) is 4. The minimum Gasteiger partial charge on any atom is -0.298 e. The van der Waals surface area contributed by atoms with Gasteiger partial charge in [0.1, 0.15) is 11.6 Å². The van der Waals surface area contributed by atoms with Crippen molar-refractivity contribution in [2.24, 2.45) is 5.11 Å². The van der Waals surface area contributed by atoms with E-state index < -0.39 is 11.6 Å². The number of rotatable bonds is 3. The molecule has 0 spiro atoms. The van der Waals surface area contributed by atoms with Gasteiger partial charge >= 0.3 is 0 Å². The van der Waals surface area contributed by atoms with E-state index in [0.717, 1.165) is 6.07 Å². The van der Waals surface area contributed by atoms with Crippen LogP contribution in [0.25, 0.3) is 10.4 Å². The second kappa shape index (κ2) is 4.47. The molecule has 0 unspecified atom stereocenters. The van der Waals surface area contributed by atoms with Crippen LogP contribution in [0.5, 0.6) is 0 Å². The summed E-state index contributed by atoms with van der Waals surface area (Å²) < 4.78 is 25.9. The molecule has 0 aromatic heterocycles. The maximum Gasteiger partial charge on any atom is 0.130 e. The topological polar surface area (TPSA) is 52.0 Å². The first-order valence-corrected chi connectivity index (χ1v) is 4.89. The SMILES string of the molecule is [N-]=[N+]=NC1CN(Cc2ccc(F)cc2F)C1. The average Bonchev–Trinajstić information content (AvgIpc) is 2.18. The fourth-order valence-electron chi connectivity index (χ4n) is 1.71. The normalized spacial score (nSPS) is 16.6. The van der Waals surface area contributed by atoms with Crippen LogP contribution in [0.4, 0.5) is 8.78 Å². The van der Waals surface area contributed by atoms with E-state index in [9.17, 15) is 8.78 Å². The Morgan fingerprint density at radius 1 is 1.44 bits per heavy atom. The van der Waals surface area contributed by atoms with Crippen LogP contribution in [0.2, 0.25) is 0 Å². The Hall–Kier alpha value is -1.65. The lowest BCUT2D eigenvalue weighted by Crippen LogP contribution is -2.48. The van der Waals surface area contributed by atoms with E-state index in [4.69, 9.17) is 5.53 Å². The highest BCUT2D eigenvalue weighted by molar-refractivity contribution is 5.18. The van der Waals surface area contributed by atoms with Gasteiger partial charge in [-0.3, -0.25) is 4.90 Å². The van der Waals surface area contributed by atoms with Gasteiger partial charge in [-0.05, 0) is 11.6 Å². The Bertz CT molecular complexity index is 436. The fourth-order valence-corrected chi connectivity index (χ4v) is 1.71. The molecule has 6 heteroatoms. The lowest BCUT2D eigenvalue weighted by atomic mass is 10.1. The molecule has 2 rings (SSSR count). The summed E-state index contributed by atoms with van der Waals surface area (Å²) in [5.74, 6) is -1.11. The van der Waals surface area contributed by atoms with Gasteiger partial charge in [0.25, 0.3) is 0 Å². The van der Waals surface area contributed by atoms with Gasteiger partial charge in [0.15, 0.2) is 0 Å². The number of benzene rings is 1. The average molecular weight is 224 g/mol. The van der Waals surface area contributed by atoms with Gasteiger partial charge in [-0.1, -0.05) is 11.2 Å². The van der Waals surface area contributed by atoms with Crippen molar-refractivity contribution in [1.82, 2.24) is 4.90 Å². The van der Waals surface area contributed by atoms with Crippen molar-refractivity contribution < 1.29 is 8.78 Å². The smallest absolute Gasteiger partial charge is 0.130 e. The van der Waals surface area contributed by atoms with Crippen LogP contribution >= 0.6 is 0 Å². The molecular formula is C10H10F2N4. The summed E-state index contributed by atoms with van der Waals surface area (Å²) in [4.78, 5) is 4.64. The van der Waals surface area contributed by atoms with Crippen molar-refractivity contribution >= 4 is 0 Å². The molecule has 1 aliphatic rings. The third kappa shape index (κ3) is 2.29. The summed E-state index contributed by atoms with van der Waals surface area (Å²) in [6.07, 6.45) is 0. The molecule has 4 nitrogen and oxygen atoms in total. The summed E-state index contributed by atoms with van der Waals surface area (Å²) >= 11 is 0. The zero-order valence-electron chi connectivity index (χ0n) is 8.48. The first-order chi connectivity index (χ1) is 7.69. The quantitative estimate of drug-likeness (QED) is 0.442. The fraction of sp³-hybridized carbons (Fsp3) is 0.400. The third-order valence-corrected chi connectivity index (χ3v) is 2.56. The first-order valence-electron chi connectivity index (χ1n) is 4.89. The monoisotopic (exact) mass is 224 g/mol. The maximum atomic E-state index is 13.3. The number of hydrogen-bond acceptors (Lipinski definition) is 2. The molecular weight excluding hydrogens is 214 g/mol. The van der Waals surface area contributed by atoms with E-state index in [1.165, 1.54) is 12.1 Å². The van der Waals surface area contributed by atoms with Crippen molar-refractivity contribution in [2.75, 3.05) is 13.1 Å². The Morgan fingerprint density at radius 3 is 2.81 bits per heavy atom. The number of likely N-dealkylation sites (tertiary alicyclic amines) is 1. The Balaban J connectivity index is 1.94. The van der Waals surface area contributed by atoms with Crippen LogP contribution in [0, 0.1) is 11.6 Å². The van der Waals surface area contributed by atoms with Crippen molar-refractivity contribution in [3.05, 3.63) is 45.8 Å². The van der Waals surface area contributed by atoms with E-state index in [-0.39, 0.29) is 6.04 Å². The Morgan fingerprint density at radius 2 is 2.19 bits per heavy atom. The van der Waals surface area contributed by atoms with Gasteiger partial charge < -0.3 is 0 Å². The molecule has 0 aliphatic carbocycles. The molecule has 1 aliphatic heterocycles. The van der Waals surface area contributed by atoms with Crippen LogP contribution < -0.4 is 0 Å². The highest BCUT2D eigenvalue weighted by Crippen LogP contribution is 2.18. The second-order valence-electron chi connectivity index (χ2n) is 3.79. The van der Waals surface area contributed by atoms with Crippen LogP contribution in [0.1, 0.15) is 5.56 Å². The zero-order valence-corrected chi connectivity index (χ0v) is 8.48. The minimum atomic E-state index is -0.572. The molecule has 0 atom stereocenters. The molecule has 0 N–H and O–H groups in total. The van der Waals surface area contributed by atoms with E-state index in [1.807, 2.05) is 4.90 Å². The first kappa shape index (κ1) is 10.9. The van der Waals surface area contributed by atoms with Gasteiger partial charge in [-0.15, -0.1) is 0 Å². The number of azide groups is 1. The van der Waals surface area contributed by atoms with Gasteiger partial charge in [0.2, 0.25) is 0 Å². The number of hydrogen-bond donors (Lipinski definition) is 0. The van der Waals surface area contributed by atoms with Crippen molar-refractivity contribution in [1.29, 1.82) is 0 Å². The molecule has 1 heterocycles. The Kier molecular flexibility index (Phi) is 3.03. The molecule has 1 fully saturated rings. The minimum absolute atomic E-state index is 0.0199. The van der Waals surface area contributed by atoms with Gasteiger partial charge in [0.05, 0.1) is 6.04 Å². The predicted octanol–water partition coefficient (Wildman–Crippen LogP) is 2.46. The standard InChI is InChI=1S/C10H10F2N4/c11-8-2-1-7(10(12)3-8)4-16-5-9(6-16)14-15-13/h1-3,9H,4-6H2. The molecule has 1 aromatic rings. The van der Waals surface area contributed by atoms with Gasteiger partial charge in [-0.25, -0.2) is 8.78 Å². The van der Waals surface area contributed by atoms with Gasteiger partial charge in [-0.2, -0.15) is 0 Å². The zero-order chi connectivity index (χ0) is 11.5. The van der Waals surface area contributed by atoms with Crippen molar-refractivity contribution in [3.8, 4) is 0 Å². The molecule has 84 valence electrons. The molecule has 0 bridgehead atoms. The molecule has 16 heavy (non-hydrogen) atoms. The molecule has 0 saturated carbocycles. The Labute approximate surface area is 91.1 Å². The molecule has 1 saturated heterocycles. The summed E-state index contributed by atoms with van der Waals surface area (Å²) in [7, 11) is 0. The third-order valence-electron chi connectivity index (χ3n) is 2.56. The summed E-state index contributed by atoms with van der Waals surface area (Å²) in [5.41, 5.74) is 8.65. The highest BCUT2D eigenvalue weighted by atomic mass is 19.1. The largest absolute Gasteiger partial charge is 0.298 e. The lowest BCUT2D eigenvalue weighted by molar-refractivity contribution is 0.140. The molecule has 1 aromatic carbocycles. The molecule has 0 amide bonds. The van der Waals surface area contributed by atoms with E-state index in [2.05, 4.69) is 10.0 Å².